The number of fused-ring (bicyclic) bond motifs is 6. The van der Waals surface area contributed by atoms with Gasteiger partial charge in [0, 0.05) is 26.7 Å². The van der Waals surface area contributed by atoms with Gasteiger partial charge in [0.25, 0.3) is 16.7 Å². The summed E-state index contributed by atoms with van der Waals surface area (Å²) in [5, 5.41) is 40.6. The topological polar surface area (TPSA) is 398 Å². The molecule has 504 valence electrons. The molecule has 0 saturated carbocycles. The zero-order valence-electron chi connectivity index (χ0n) is 54.3. The van der Waals surface area contributed by atoms with E-state index < -0.39 is 11.6 Å². The Balaban J connectivity index is 0.000000129. The first-order chi connectivity index (χ1) is 48.0. The molecule has 16 aromatic rings. The van der Waals surface area contributed by atoms with E-state index in [1.54, 1.807) is 55.9 Å². The molecule has 12 heterocycles. The van der Waals surface area contributed by atoms with Crippen LogP contribution < -0.4 is 33.9 Å². The summed E-state index contributed by atoms with van der Waals surface area (Å²) in [5.74, 6) is 1.32. The molecule has 31 nitrogen and oxygen atoms in total. The third-order valence-corrected chi connectivity index (χ3v) is 18.1. The number of rotatable bonds is 9. The smallest absolute Gasteiger partial charge is 0.284 e. The highest BCUT2D eigenvalue weighted by Crippen LogP contribution is 2.33. The molecule has 0 radical (unpaired) electrons. The van der Waals surface area contributed by atoms with E-state index in [9.17, 15) is 23.9 Å². The summed E-state index contributed by atoms with van der Waals surface area (Å²) in [4.78, 5) is 79.1. The van der Waals surface area contributed by atoms with Crippen molar-refractivity contribution < 1.29 is 9.50 Å². The number of aryl methyl sites for hydroxylation is 8. The zero-order valence-corrected chi connectivity index (χ0v) is 59.4. The zero-order chi connectivity index (χ0) is 70.7. The average Bonchev–Trinajstić information content (AvgIpc) is 1.52. The highest BCUT2D eigenvalue weighted by atomic mass is 127. The number of anilines is 3. The minimum Gasteiger partial charge on any atom is -0.505 e. The maximum absolute atomic E-state index is 14.2. The molecule has 0 amide bonds. The lowest BCUT2D eigenvalue weighted by Gasteiger charge is -2.15. The number of hydrogen-bond donors (Lipinski definition) is 5. The Morgan fingerprint density at radius 2 is 0.980 bits per heavy atom. The van der Waals surface area contributed by atoms with Crippen LogP contribution in [0.15, 0.2) is 130 Å². The van der Waals surface area contributed by atoms with Gasteiger partial charge in [-0.05, 0) is 133 Å². The highest BCUT2D eigenvalue weighted by molar-refractivity contribution is 14.1. The van der Waals surface area contributed by atoms with Gasteiger partial charge in [-0.25, -0.2) is 58.6 Å². The van der Waals surface area contributed by atoms with E-state index >= 15 is 0 Å². The Morgan fingerprint density at radius 1 is 0.530 bits per heavy atom. The van der Waals surface area contributed by atoms with Crippen molar-refractivity contribution in [3.63, 3.8) is 0 Å². The molecule has 100 heavy (non-hydrogen) atoms. The van der Waals surface area contributed by atoms with E-state index in [1.165, 1.54) is 46.4 Å². The molecule has 0 unspecified atom stereocenters. The fourth-order valence-corrected chi connectivity index (χ4v) is 13.3. The molecule has 8 N–H and O–H groups in total. The van der Waals surface area contributed by atoms with Crippen LogP contribution in [0.25, 0.3) is 94.5 Å². The van der Waals surface area contributed by atoms with Crippen molar-refractivity contribution in [1.82, 2.24) is 118 Å². The summed E-state index contributed by atoms with van der Waals surface area (Å²) in [6, 6.07) is 28.5. The molecule has 0 spiro atoms. The second-order valence-corrected chi connectivity index (χ2v) is 25.2. The van der Waals surface area contributed by atoms with Crippen molar-refractivity contribution >= 4 is 140 Å². The number of halogens is 4. The summed E-state index contributed by atoms with van der Waals surface area (Å²) in [6.07, 6.45) is 4.12. The summed E-state index contributed by atoms with van der Waals surface area (Å²) < 4.78 is 28.4. The largest absolute Gasteiger partial charge is 0.505 e. The molecule has 0 aliphatic carbocycles. The number of para-hydroxylation sites is 3. The lowest BCUT2D eigenvalue weighted by molar-refractivity contribution is 0.432. The van der Waals surface area contributed by atoms with Gasteiger partial charge in [0.1, 0.15) is 96.6 Å². The number of nitrogens with one attached hydrogen (secondary N) is 1. The molecule has 0 bridgehead atoms. The van der Waals surface area contributed by atoms with Crippen molar-refractivity contribution in [3.8, 4) is 34.1 Å². The van der Waals surface area contributed by atoms with E-state index in [0.29, 0.717) is 122 Å². The van der Waals surface area contributed by atoms with Gasteiger partial charge in [-0.2, -0.15) is 30.6 Å². The predicted octanol–water partition coefficient (Wildman–Crippen LogP) is 7.83. The van der Waals surface area contributed by atoms with Crippen molar-refractivity contribution in [2.45, 2.75) is 53.6 Å². The quantitative estimate of drug-likeness (QED) is 0.0678. The number of alkyl halides is 1. The first kappa shape index (κ1) is 67.0. The van der Waals surface area contributed by atoms with Crippen LogP contribution in [-0.4, -0.2) is 123 Å². The van der Waals surface area contributed by atoms with E-state index in [4.69, 9.17) is 43.9 Å². The van der Waals surface area contributed by atoms with Crippen LogP contribution in [0.5, 0.6) is 5.75 Å². The number of phenols is 1. The number of benzene rings is 4. The number of nitrogens with two attached hydrogens (primary N) is 3. The van der Waals surface area contributed by atoms with E-state index in [0.717, 1.165) is 37.3 Å². The second kappa shape index (κ2) is 27.1. The lowest BCUT2D eigenvalue weighted by atomic mass is 10.1. The maximum atomic E-state index is 14.2. The van der Waals surface area contributed by atoms with Crippen LogP contribution in [0.2, 0.25) is 0 Å². The normalized spacial score (nSPS) is 11.4. The van der Waals surface area contributed by atoms with Gasteiger partial charge in [-0.3, -0.25) is 47.2 Å². The standard InChI is InChI=1S/C26H22FN9O2.C20H18IN9O.C14H13ClN4O.C5H4IN5/c1-13-6-4-5-7-17(13)36-19(31-21-14(2)32-34(3)23(21)26(36)38)11-35-25-20(24(28)29-12-30-25)22(33-35)15-8-9-18(37)16(27)10-15;1-10-6-4-5-7-12(10)30-13(25-15-11(2)26-28(3)16(15)20(30)31)8-29-19-14(17(21)27-29)18(22)23-9-24-19;1-9-12-13(18(2)17-9)14(20)19(11(8-15)16-12)10-6-4-3-5-7-10;6-3-2-4(7)8-1-9-5(2)11-10-3/h4-10,12,37H,11H2,1-3H3,(H2,28,29,30);4-7,9H,8H2,1-3H3,(H2,22,23,24);3-7H,8H2,1-2H3;1H,(H3,7,8,9,10,11). The summed E-state index contributed by atoms with van der Waals surface area (Å²) in [5.41, 5.74) is 28.6. The van der Waals surface area contributed by atoms with Crippen molar-refractivity contribution in [3.05, 3.63) is 206 Å². The maximum Gasteiger partial charge on any atom is 0.284 e. The predicted molar refractivity (Wildman–Crippen MR) is 392 cm³/mol. The minimum atomic E-state index is -0.798. The van der Waals surface area contributed by atoms with Crippen LogP contribution in [0.3, 0.4) is 0 Å². The van der Waals surface area contributed by atoms with Crippen molar-refractivity contribution in [2.24, 2.45) is 21.1 Å². The first-order valence-electron chi connectivity index (χ1n) is 30.3. The van der Waals surface area contributed by atoms with E-state index in [2.05, 4.69) is 111 Å². The Bertz CT molecular complexity index is 6110. The van der Waals surface area contributed by atoms with Gasteiger partial charge in [0.15, 0.2) is 45.1 Å². The highest BCUT2D eigenvalue weighted by Gasteiger charge is 2.26. The molecule has 12 aromatic heterocycles. The van der Waals surface area contributed by atoms with Crippen LogP contribution in [0.1, 0.15) is 45.7 Å². The summed E-state index contributed by atoms with van der Waals surface area (Å²) in [6.45, 7) is 9.62. The molecule has 16 rings (SSSR count). The molecule has 35 heteroatoms. The molecule has 4 aromatic carbocycles. The first-order valence-corrected chi connectivity index (χ1v) is 33.0. The third-order valence-electron chi connectivity index (χ3n) is 16.3. The van der Waals surface area contributed by atoms with E-state index in [-0.39, 0.29) is 41.5 Å². The Morgan fingerprint density at radius 3 is 1.48 bits per heavy atom. The minimum absolute atomic E-state index is 0.0430. The number of H-pyrrole nitrogens is 1. The average molecular weight is 1590 g/mol. The van der Waals surface area contributed by atoms with Gasteiger partial charge in [0.05, 0.1) is 56.2 Å². The Hall–Kier alpha value is -11.5. The monoisotopic (exact) mass is 1590 g/mol. The molecule has 0 atom stereocenters. The number of hydrogen-bond acceptors (Lipinski definition) is 22. The SMILES string of the molecule is Cc1ccccc1-n1c(Cn2nc(-c3ccc(O)c(F)c3)c3c(N)ncnc32)nc2c(C)nn(C)c2c1=O.Cc1ccccc1-n1c(Cn2nc(I)c3c(N)ncnc32)nc2c(C)nn(C)c2c1=O.Cc1nn(C)c2c(=O)n(-c3ccccc3)c(CCl)nc12.Nc1ncnc2n[nH]c(I)c12. The number of aromatic amines is 1. The molecule has 0 fully saturated rings. The second-order valence-electron chi connectivity index (χ2n) is 22.8. The van der Waals surface area contributed by atoms with Gasteiger partial charge >= 0.3 is 0 Å². The van der Waals surface area contributed by atoms with Gasteiger partial charge in [-0.15, -0.1) is 11.6 Å². The summed E-state index contributed by atoms with van der Waals surface area (Å²) in [7, 11) is 5.21. The molecule has 0 saturated heterocycles. The fraction of sp³-hybridized carbons (Fsp3) is 0.169. The van der Waals surface area contributed by atoms with E-state index in [1.807, 2.05) is 107 Å². The van der Waals surface area contributed by atoms with Crippen LogP contribution >= 0.6 is 56.8 Å². The van der Waals surface area contributed by atoms with Gasteiger partial charge in [0.2, 0.25) is 0 Å². The van der Waals surface area contributed by atoms with Crippen LogP contribution in [0, 0.1) is 47.8 Å². The molecule has 0 aliphatic rings. The number of nitrogen functional groups attached to an aromatic ring is 3. The van der Waals surface area contributed by atoms with Crippen molar-refractivity contribution in [1.29, 1.82) is 0 Å². The number of aromatic nitrogens is 24. The Labute approximate surface area is 595 Å². The van der Waals surface area contributed by atoms with Gasteiger partial charge in [-0.1, -0.05) is 54.6 Å². The summed E-state index contributed by atoms with van der Waals surface area (Å²) >= 11 is 10.2. The molecular weight excluding hydrogens is 1530 g/mol. The Kier molecular flexibility index (Phi) is 18.1. The molecule has 0 aliphatic heterocycles. The van der Waals surface area contributed by atoms with Crippen molar-refractivity contribution in [2.75, 3.05) is 17.2 Å². The third kappa shape index (κ3) is 12.1. The lowest BCUT2D eigenvalue weighted by Crippen LogP contribution is -2.27. The number of nitrogens with zero attached hydrogens (tertiary/aromatic N) is 23. The molecular formula is C65H57ClFI2N27O4. The number of aromatic hydroxyl groups is 1. The number of phenolic OH excluding ortho intramolecular Hbond substituents is 1. The fourth-order valence-electron chi connectivity index (χ4n) is 11.7. The van der Waals surface area contributed by atoms with Crippen LogP contribution in [-0.2, 0) is 40.1 Å². The van der Waals surface area contributed by atoms with Crippen LogP contribution in [0.4, 0.5) is 21.8 Å². The van der Waals surface area contributed by atoms with Gasteiger partial charge < -0.3 is 22.3 Å².